The summed E-state index contributed by atoms with van der Waals surface area (Å²) in [6, 6.07) is -0.357. The van der Waals surface area contributed by atoms with Crippen molar-refractivity contribution in [1.82, 2.24) is 10.2 Å². The van der Waals surface area contributed by atoms with Crippen LogP contribution in [0, 0.1) is 5.41 Å². The van der Waals surface area contributed by atoms with E-state index in [1.165, 1.54) is 12.0 Å². The fourth-order valence-electron chi connectivity index (χ4n) is 2.11. The fraction of sp³-hybridized carbons (Fsp3) is 0.909. The summed E-state index contributed by atoms with van der Waals surface area (Å²) in [6.07, 6.45) is -4.62. The van der Waals surface area contributed by atoms with Crippen molar-refractivity contribution in [3.8, 4) is 0 Å². The number of rotatable bonds is 4. The molecule has 0 aromatic heterocycles. The van der Waals surface area contributed by atoms with Crippen molar-refractivity contribution in [2.24, 2.45) is 11.1 Å². The number of nitrogens with two attached hydrogens (primary N) is 1. The van der Waals surface area contributed by atoms with Gasteiger partial charge < -0.3 is 20.7 Å². The number of ether oxygens (including phenoxy) is 1. The van der Waals surface area contributed by atoms with Crippen molar-refractivity contribution in [3.05, 3.63) is 0 Å². The van der Waals surface area contributed by atoms with Crippen molar-refractivity contribution < 1.29 is 22.7 Å². The molecule has 1 fully saturated rings. The third kappa shape index (κ3) is 3.73. The van der Waals surface area contributed by atoms with Gasteiger partial charge in [0.25, 0.3) is 0 Å². The summed E-state index contributed by atoms with van der Waals surface area (Å²) in [5.74, 6) is 0. The molecule has 1 aliphatic heterocycles. The number of halogens is 3. The SMILES string of the molecule is COCCNC(=O)N1CCC(CN)(C(F)(F)F)CC1. The monoisotopic (exact) mass is 283 g/mol. The van der Waals surface area contributed by atoms with Gasteiger partial charge >= 0.3 is 12.2 Å². The zero-order valence-electron chi connectivity index (χ0n) is 10.9. The van der Waals surface area contributed by atoms with Crippen LogP contribution < -0.4 is 11.1 Å². The Bertz CT molecular complexity index is 302. The van der Waals surface area contributed by atoms with E-state index in [1.807, 2.05) is 0 Å². The van der Waals surface area contributed by atoms with Gasteiger partial charge in [-0.3, -0.25) is 0 Å². The number of carbonyl (C=O) groups is 1. The molecule has 8 heteroatoms. The largest absolute Gasteiger partial charge is 0.395 e. The maximum atomic E-state index is 13.0. The standard InChI is InChI=1S/C11H20F3N3O2/c1-19-7-4-16-9(18)17-5-2-10(8-15,3-6-17)11(12,13)14/h2-8,15H2,1H3,(H,16,18). The van der Waals surface area contributed by atoms with Crippen LogP contribution in [-0.4, -0.2) is 57.0 Å². The predicted octanol–water partition coefficient (Wildman–Crippen LogP) is 0.946. The highest BCUT2D eigenvalue weighted by Gasteiger charge is 2.54. The van der Waals surface area contributed by atoms with E-state index in [-0.39, 0.29) is 32.0 Å². The van der Waals surface area contributed by atoms with Crippen LogP contribution in [0.5, 0.6) is 0 Å². The Labute approximate surface area is 110 Å². The number of piperidine rings is 1. The average Bonchev–Trinajstić information content (AvgIpc) is 2.37. The Morgan fingerprint density at radius 3 is 2.42 bits per heavy atom. The molecule has 1 saturated heterocycles. The third-order valence-corrected chi connectivity index (χ3v) is 3.58. The van der Waals surface area contributed by atoms with Crippen LogP contribution in [0.4, 0.5) is 18.0 Å². The molecule has 5 nitrogen and oxygen atoms in total. The molecule has 19 heavy (non-hydrogen) atoms. The van der Waals surface area contributed by atoms with E-state index in [0.29, 0.717) is 13.2 Å². The summed E-state index contributed by atoms with van der Waals surface area (Å²) >= 11 is 0. The number of alkyl halides is 3. The number of methoxy groups -OCH3 is 1. The van der Waals surface area contributed by atoms with Gasteiger partial charge in [-0.05, 0) is 12.8 Å². The average molecular weight is 283 g/mol. The third-order valence-electron chi connectivity index (χ3n) is 3.58. The molecule has 1 heterocycles. The minimum Gasteiger partial charge on any atom is -0.383 e. The highest BCUT2D eigenvalue weighted by Crippen LogP contribution is 2.45. The molecule has 0 bridgehead atoms. The van der Waals surface area contributed by atoms with Gasteiger partial charge in [-0.1, -0.05) is 0 Å². The van der Waals surface area contributed by atoms with Crippen molar-refractivity contribution in [2.45, 2.75) is 19.0 Å². The molecule has 2 amide bonds. The zero-order valence-corrected chi connectivity index (χ0v) is 10.9. The van der Waals surface area contributed by atoms with Gasteiger partial charge in [0, 0.05) is 33.3 Å². The van der Waals surface area contributed by atoms with Gasteiger partial charge in [0.05, 0.1) is 12.0 Å². The van der Waals surface area contributed by atoms with Crippen LogP contribution in [0.1, 0.15) is 12.8 Å². The van der Waals surface area contributed by atoms with Gasteiger partial charge in [0.2, 0.25) is 0 Å². The van der Waals surface area contributed by atoms with Crippen LogP contribution in [-0.2, 0) is 4.74 Å². The van der Waals surface area contributed by atoms with Crippen LogP contribution >= 0.6 is 0 Å². The number of urea groups is 1. The van der Waals surface area contributed by atoms with Crippen molar-refractivity contribution >= 4 is 6.03 Å². The summed E-state index contributed by atoms with van der Waals surface area (Å²) in [5.41, 5.74) is 3.44. The fourth-order valence-corrected chi connectivity index (χ4v) is 2.11. The maximum Gasteiger partial charge on any atom is 0.395 e. The molecule has 1 rings (SSSR count). The Morgan fingerprint density at radius 2 is 2.00 bits per heavy atom. The minimum absolute atomic E-state index is 0.0650. The Morgan fingerprint density at radius 1 is 1.42 bits per heavy atom. The first-order valence-electron chi connectivity index (χ1n) is 6.15. The highest BCUT2D eigenvalue weighted by atomic mass is 19.4. The molecule has 112 valence electrons. The van der Waals surface area contributed by atoms with E-state index in [2.05, 4.69) is 5.32 Å². The molecule has 0 radical (unpaired) electrons. The first kappa shape index (κ1) is 16.0. The number of amides is 2. The van der Waals surface area contributed by atoms with Crippen molar-refractivity contribution in [2.75, 3.05) is 39.9 Å². The van der Waals surface area contributed by atoms with E-state index < -0.39 is 18.1 Å². The number of hydrogen-bond donors (Lipinski definition) is 2. The summed E-state index contributed by atoms with van der Waals surface area (Å²) in [5, 5.41) is 2.59. The quantitative estimate of drug-likeness (QED) is 0.755. The Hall–Kier alpha value is -1.02. The molecule has 0 spiro atoms. The van der Waals surface area contributed by atoms with Gasteiger partial charge in [-0.15, -0.1) is 0 Å². The van der Waals surface area contributed by atoms with Crippen LogP contribution in [0.3, 0.4) is 0 Å². The van der Waals surface area contributed by atoms with E-state index >= 15 is 0 Å². The minimum atomic E-state index is -4.32. The number of likely N-dealkylation sites (tertiary alicyclic amines) is 1. The van der Waals surface area contributed by atoms with Crippen LogP contribution in [0.15, 0.2) is 0 Å². The second kappa shape index (κ2) is 6.42. The van der Waals surface area contributed by atoms with Crippen molar-refractivity contribution in [3.63, 3.8) is 0 Å². The lowest BCUT2D eigenvalue weighted by Gasteiger charge is -2.42. The summed E-state index contributed by atoms with van der Waals surface area (Å²) < 4.78 is 43.6. The number of nitrogens with zero attached hydrogens (tertiary/aromatic N) is 1. The first-order chi connectivity index (χ1) is 8.86. The lowest BCUT2D eigenvalue weighted by atomic mass is 9.78. The molecule has 3 N–H and O–H groups in total. The van der Waals surface area contributed by atoms with E-state index in [0.717, 1.165) is 0 Å². The molecule has 0 saturated carbocycles. The molecule has 1 aliphatic rings. The second-order valence-electron chi connectivity index (χ2n) is 4.69. The first-order valence-corrected chi connectivity index (χ1v) is 6.15. The number of hydrogen-bond acceptors (Lipinski definition) is 3. The lowest BCUT2D eigenvalue weighted by Crippen LogP contribution is -2.54. The Kier molecular flexibility index (Phi) is 5.42. The lowest BCUT2D eigenvalue weighted by molar-refractivity contribution is -0.232. The molecule has 0 aromatic carbocycles. The van der Waals surface area contributed by atoms with E-state index in [4.69, 9.17) is 10.5 Å². The van der Waals surface area contributed by atoms with Crippen LogP contribution in [0.25, 0.3) is 0 Å². The number of nitrogens with one attached hydrogen (secondary N) is 1. The Balaban J connectivity index is 2.50. The molecule has 0 aliphatic carbocycles. The second-order valence-corrected chi connectivity index (χ2v) is 4.69. The van der Waals surface area contributed by atoms with Gasteiger partial charge in [-0.2, -0.15) is 13.2 Å². The van der Waals surface area contributed by atoms with E-state index in [9.17, 15) is 18.0 Å². The smallest absolute Gasteiger partial charge is 0.383 e. The normalized spacial score (nSPS) is 19.3. The molecular formula is C11H20F3N3O2. The van der Waals surface area contributed by atoms with Crippen LogP contribution in [0.2, 0.25) is 0 Å². The van der Waals surface area contributed by atoms with Gasteiger partial charge in [0.15, 0.2) is 0 Å². The zero-order chi connectivity index (χ0) is 14.5. The number of carbonyl (C=O) groups excluding carboxylic acids is 1. The van der Waals surface area contributed by atoms with Gasteiger partial charge in [-0.25, -0.2) is 4.79 Å². The molecule has 0 unspecified atom stereocenters. The van der Waals surface area contributed by atoms with Gasteiger partial charge in [0.1, 0.15) is 0 Å². The maximum absolute atomic E-state index is 13.0. The summed E-state index contributed by atoms with van der Waals surface area (Å²) in [6.45, 7) is 0.405. The summed E-state index contributed by atoms with van der Waals surface area (Å²) in [4.78, 5) is 13.1. The molecular weight excluding hydrogens is 263 g/mol. The predicted molar refractivity (Wildman–Crippen MR) is 63.6 cm³/mol. The molecule has 0 atom stereocenters. The highest BCUT2D eigenvalue weighted by molar-refractivity contribution is 5.74. The summed E-state index contributed by atoms with van der Waals surface area (Å²) in [7, 11) is 1.51. The van der Waals surface area contributed by atoms with Crippen molar-refractivity contribution in [1.29, 1.82) is 0 Å². The topological polar surface area (TPSA) is 67.6 Å². The van der Waals surface area contributed by atoms with E-state index in [1.54, 1.807) is 0 Å². The molecule has 0 aromatic rings.